The summed E-state index contributed by atoms with van der Waals surface area (Å²) in [7, 11) is 1.38. The molecule has 0 aliphatic carbocycles. The summed E-state index contributed by atoms with van der Waals surface area (Å²) in [4.78, 5) is 11.8. The zero-order valence-corrected chi connectivity index (χ0v) is 19.0. The van der Waals surface area contributed by atoms with Crippen LogP contribution in [-0.2, 0) is 26.4 Å². The number of hydrogen-bond donors (Lipinski definition) is 1. The van der Waals surface area contributed by atoms with Gasteiger partial charge < -0.3 is 15.2 Å². The molecule has 0 amide bonds. The number of carbonyl (C=O) groups excluding carboxylic acids is 1. The molecule has 0 bridgehead atoms. The lowest BCUT2D eigenvalue weighted by Crippen LogP contribution is -2.35. The number of benzene rings is 3. The quantitative estimate of drug-likeness (QED) is 0.248. The average molecular weight is 444 g/mol. The Morgan fingerprint density at radius 2 is 1.75 bits per heavy atom. The minimum absolute atomic E-state index is 0.122. The SMILES string of the molecule is COC(=O)CC(C)(N)c1ccc2sc3ccc(C#CCOCc4ccccc4)cc3c2c1. The van der Waals surface area contributed by atoms with Crippen molar-refractivity contribution >= 4 is 37.5 Å². The fraction of sp³-hybridized carbons (Fsp3) is 0.222. The molecule has 3 aromatic carbocycles. The maximum absolute atomic E-state index is 11.8. The zero-order chi connectivity index (χ0) is 22.6. The van der Waals surface area contributed by atoms with Crippen LogP contribution in [0.1, 0.15) is 30.0 Å². The van der Waals surface area contributed by atoms with Gasteiger partial charge in [0.25, 0.3) is 0 Å². The minimum atomic E-state index is -0.803. The monoisotopic (exact) mass is 443 g/mol. The van der Waals surface area contributed by atoms with Crippen LogP contribution >= 0.6 is 11.3 Å². The third-order valence-corrected chi connectivity index (χ3v) is 6.54. The Bertz CT molecular complexity index is 1310. The highest BCUT2D eigenvalue weighted by Gasteiger charge is 2.26. The van der Waals surface area contributed by atoms with Gasteiger partial charge in [-0.2, -0.15) is 0 Å². The molecule has 0 radical (unpaired) electrons. The van der Waals surface area contributed by atoms with Crippen molar-refractivity contribution in [2.75, 3.05) is 13.7 Å². The first kappa shape index (κ1) is 22.0. The molecule has 1 heterocycles. The van der Waals surface area contributed by atoms with Crippen LogP contribution in [0.5, 0.6) is 0 Å². The highest BCUT2D eigenvalue weighted by molar-refractivity contribution is 7.25. The number of ether oxygens (including phenoxy) is 2. The van der Waals surface area contributed by atoms with Crippen molar-refractivity contribution < 1.29 is 14.3 Å². The van der Waals surface area contributed by atoms with Gasteiger partial charge in [-0.3, -0.25) is 4.79 Å². The maximum Gasteiger partial charge on any atom is 0.307 e. The van der Waals surface area contributed by atoms with Crippen molar-refractivity contribution in [1.29, 1.82) is 0 Å². The normalized spacial score (nSPS) is 12.8. The van der Waals surface area contributed by atoms with Gasteiger partial charge in [-0.25, -0.2) is 0 Å². The number of rotatable bonds is 6. The molecule has 1 unspecified atom stereocenters. The standard InChI is InChI=1S/C27H25NO3S/c1-27(28,17-26(29)30-2)21-11-13-25-23(16-21)22-15-19(10-12-24(22)32-25)9-6-14-31-18-20-7-4-3-5-8-20/h3-5,7-8,10-13,15-16H,14,17-18,28H2,1-2H3. The van der Waals surface area contributed by atoms with Crippen molar-refractivity contribution in [3.05, 3.63) is 83.4 Å². The molecule has 0 fully saturated rings. The van der Waals surface area contributed by atoms with Crippen LogP contribution in [0.25, 0.3) is 20.2 Å². The first-order valence-electron chi connectivity index (χ1n) is 10.4. The van der Waals surface area contributed by atoms with E-state index in [1.807, 2.05) is 49.4 Å². The Balaban J connectivity index is 1.55. The van der Waals surface area contributed by atoms with E-state index in [1.54, 1.807) is 11.3 Å². The molecule has 2 N–H and O–H groups in total. The van der Waals surface area contributed by atoms with Crippen LogP contribution < -0.4 is 5.73 Å². The number of carbonyl (C=O) groups is 1. The predicted molar refractivity (Wildman–Crippen MR) is 130 cm³/mol. The van der Waals surface area contributed by atoms with Crippen LogP contribution in [0.3, 0.4) is 0 Å². The summed E-state index contributed by atoms with van der Waals surface area (Å²) in [6.45, 7) is 2.78. The lowest BCUT2D eigenvalue weighted by atomic mass is 9.89. The van der Waals surface area contributed by atoms with Crippen molar-refractivity contribution in [3.8, 4) is 11.8 Å². The summed E-state index contributed by atoms with van der Waals surface area (Å²) in [5.41, 5.74) is 8.63. The predicted octanol–water partition coefficient (Wildman–Crippen LogP) is 5.36. The van der Waals surface area contributed by atoms with E-state index in [0.29, 0.717) is 13.2 Å². The van der Waals surface area contributed by atoms with Gasteiger partial charge in [-0.15, -0.1) is 11.3 Å². The van der Waals surface area contributed by atoms with Gasteiger partial charge in [-0.1, -0.05) is 48.2 Å². The summed E-state index contributed by atoms with van der Waals surface area (Å²) in [6.07, 6.45) is 0.122. The van der Waals surface area contributed by atoms with E-state index in [1.165, 1.54) is 16.5 Å². The summed E-state index contributed by atoms with van der Waals surface area (Å²) < 4.78 is 12.8. The second-order valence-electron chi connectivity index (χ2n) is 7.97. The van der Waals surface area contributed by atoms with Gasteiger partial charge in [0, 0.05) is 31.3 Å². The highest BCUT2D eigenvalue weighted by atomic mass is 32.1. The summed E-state index contributed by atoms with van der Waals surface area (Å²) in [6, 6.07) is 22.4. The first-order chi connectivity index (χ1) is 15.5. The average Bonchev–Trinajstić information content (AvgIpc) is 3.16. The van der Waals surface area contributed by atoms with Crippen LogP contribution in [0.15, 0.2) is 66.7 Å². The topological polar surface area (TPSA) is 61.5 Å². The van der Waals surface area contributed by atoms with Crippen LogP contribution in [0.2, 0.25) is 0 Å². The molecule has 0 spiro atoms. The van der Waals surface area contributed by atoms with Crippen molar-refractivity contribution in [2.24, 2.45) is 5.73 Å². The molecule has 0 saturated carbocycles. The Labute approximate surface area is 192 Å². The van der Waals surface area contributed by atoms with Gasteiger partial charge in [0.05, 0.1) is 20.1 Å². The summed E-state index contributed by atoms with van der Waals surface area (Å²) in [5, 5.41) is 2.26. The molecule has 4 aromatic rings. The van der Waals surface area contributed by atoms with Crippen LogP contribution in [0.4, 0.5) is 0 Å². The second-order valence-corrected chi connectivity index (χ2v) is 9.06. The molecule has 0 aliphatic rings. The van der Waals surface area contributed by atoms with Gasteiger partial charge in [0.1, 0.15) is 6.61 Å². The van der Waals surface area contributed by atoms with Crippen molar-refractivity contribution in [3.63, 3.8) is 0 Å². The minimum Gasteiger partial charge on any atom is -0.469 e. The van der Waals surface area contributed by atoms with Gasteiger partial charge in [0.2, 0.25) is 0 Å². The molecule has 32 heavy (non-hydrogen) atoms. The largest absolute Gasteiger partial charge is 0.469 e. The molecule has 1 aromatic heterocycles. The van der Waals surface area contributed by atoms with E-state index >= 15 is 0 Å². The zero-order valence-electron chi connectivity index (χ0n) is 18.2. The van der Waals surface area contributed by atoms with Gasteiger partial charge >= 0.3 is 5.97 Å². The summed E-state index contributed by atoms with van der Waals surface area (Å²) in [5.74, 6) is 5.98. The smallest absolute Gasteiger partial charge is 0.307 e. The fourth-order valence-corrected chi connectivity index (χ4v) is 4.68. The molecule has 4 rings (SSSR count). The Morgan fingerprint density at radius 1 is 1.03 bits per heavy atom. The Morgan fingerprint density at radius 3 is 2.50 bits per heavy atom. The van der Waals surface area contributed by atoms with E-state index in [-0.39, 0.29) is 12.4 Å². The molecule has 0 saturated heterocycles. The van der Waals surface area contributed by atoms with Crippen LogP contribution in [-0.4, -0.2) is 19.7 Å². The van der Waals surface area contributed by atoms with Gasteiger partial charge in [0.15, 0.2) is 0 Å². The molecule has 5 heteroatoms. The molecule has 1 atom stereocenters. The lowest BCUT2D eigenvalue weighted by Gasteiger charge is -2.24. The highest BCUT2D eigenvalue weighted by Crippen LogP contribution is 2.36. The molecular formula is C27H25NO3S. The molecule has 4 nitrogen and oxygen atoms in total. The van der Waals surface area contributed by atoms with Crippen molar-refractivity contribution in [1.82, 2.24) is 0 Å². The molecular weight excluding hydrogens is 418 g/mol. The van der Waals surface area contributed by atoms with E-state index in [4.69, 9.17) is 15.2 Å². The number of methoxy groups -OCH3 is 1. The third kappa shape index (κ3) is 5.00. The number of esters is 1. The van der Waals surface area contributed by atoms with E-state index in [9.17, 15) is 4.79 Å². The lowest BCUT2D eigenvalue weighted by molar-refractivity contribution is -0.141. The molecule has 0 aliphatic heterocycles. The Kier molecular flexibility index (Phi) is 6.57. The number of nitrogens with two attached hydrogens (primary N) is 1. The number of hydrogen-bond acceptors (Lipinski definition) is 5. The van der Waals surface area contributed by atoms with E-state index < -0.39 is 5.54 Å². The van der Waals surface area contributed by atoms with E-state index in [2.05, 4.69) is 36.1 Å². The fourth-order valence-electron chi connectivity index (χ4n) is 3.62. The number of thiophene rings is 1. The van der Waals surface area contributed by atoms with E-state index in [0.717, 1.165) is 27.5 Å². The van der Waals surface area contributed by atoms with Crippen molar-refractivity contribution in [2.45, 2.75) is 25.5 Å². The first-order valence-corrected chi connectivity index (χ1v) is 11.2. The Hall–Kier alpha value is -3.17. The maximum atomic E-state index is 11.8. The van der Waals surface area contributed by atoms with Gasteiger partial charge in [-0.05, 0) is 48.4 Å². The molecule has 162 valence electrons. The summed E-state index contributed by atoms with van der Waals surface area (Å²) >= 11 is 1.73. The third-order valence-electron chi connectivity index (χ3n) is 5.39. The van der Waals surface area contributed by atoms with Crippen LogP contribution in [0, 0.1) is 11.8 Å². The second kappa shape index (κ2) is 9.54. The number of fused-ring (bicyclic) bond motifs is 3.